The predicted octanol–water partition coefficient (Wildman–Crippen LogP) is 3.44. The molecule has 0 aromatic rings. The number of nitrogens with zero attached hydrogens (tertiary/aromatic N) is 1. The van der Waals surface area contributed by atoms with Gasteiger partial charge in [-0.1, -0.05) is 22.4 Å². The molecule has 0 aromatic heterocycles. The molecule has 1 heterocycles. The topological polar surface area (TPSA) is 12.5 Å². The molecular formula is C13H26BrNO. The van der Waals surface area contributed by atoms with Gasteiger partial charge in [-0.25, -0.2) is 0 Å². The lowest BCUT2D eigenvalue weighted by Crippen LogP contribution is -2.42. The molecule has 16 heavy (non-hydrogen) atoms. The summed E-state index contributed by atoms with van der Waals surface area (Å²) in [6.45, 7) is 9.58. The largest absolute Gasteiger partial charge is 0.375 e. The summed E-state index contributed by atoms with van der Waals surface area (Å²) in [5.41, 5.74) is 0.000701. The van der Waals surface area contributed by atoms with E-state index in [1.807, 2.05) is 0 Å². The Morgan fingerprint density at radius 1 is 1.31 bits per heavy atom. The van der Waals surface area contributed by atoms with Crippen LogP contribution < -0.4 is 0 Å². The summed E-state index contributed by atoms with van der Waals surface area (Å²) >= 11 is 3.55. The van der Waals surface area contributed by atoms with Crippen LogP contribution in [-0.2, 0) is 4.74 Å². The van der Waals surface area contributed by atoms with Crippen LogP contribution in [0.4, 0.5) is 0 Å². The molecule has 0 saturated carbocycles. The average molecular weight is 292 g/mol. The minimum absolute atomic E-state index is 0.000701. The lowest BCUT2D eigenvalue weighted by molar-refractivity contribution is -0.0211. The molecule has 2 nitrogen and oxygen atoms in total. The van der Waals surface area contributed by atoms with E-state index >= 15 is 0 Å². The number of rotatable bonds is 5. The van der Waals surface area contributed by atoms with Crippen LogP contribution in [0.2, 0.25) is 0 Å². The van der Waals surface area contributed by atoms with Crippen LogP contribution in [0.1, 0.15) is 46.5 Å². The van der Waals surface area contributed by atoms with Crippen LogP contribution in [0.3, 0.4) is 0 Å². The van der Waals surface area contributed by atoms with Crippen molar-refractivity contribution in [2.45, 2.75) is 58.1 Å². The van der Waals surface area contributed by atoms with Crippen LogP contribution in [0, 0.1) is 0 Å². The van der Waals surface area contributed by atoms with Crippen molar-refractivity contribution in [3.63, 3.8) is 0 Å². The fourth-order valence-electron chi connectivity index (χ4n) is 2.28. The van der Waals surface area contributed by atoms with E-state index < -0.39 is 0 Å². The van der Waals surface area contributed by atoms with Crippen molar-refractivity contribution in [2.75, 3.05) is 25.0 Å². The molecule has 96 valence electrons. The summed E-state index contributed by atoms with van der Waals surface area (Å²) in [6, 6.07) is 0.775. The standard InChI is InChI=1S/C13H26BrNO/c1-13(2,3)16-11-10-15-9-5-4-6-12(15)7-8-14/h12H,4-11H2,1-3H3. The smallest absolute Gasteiger partial charge is 0.0600 e. The van der Waals surface area contributed by atoms with E-state index in [1.165, 1.54) is 32.2 Å². The van der Waals surface area contributed by atoms with Gasteiger partial charge in [0.1, 0.15) is 0 Å². The first-order valence-electron chi connectivity index (χ1n) is 6.47. The Bertz CT molecular complexity index is 189. The number of hydrogen-bond donors (Lipinski definition) is 0. The normalized spacial score (nSPS) is 23.6. The molecule has 0 bridgehead atoms. The summed E-state index contributed by atoms with van der Waals surface area (Å²) in [7, 11) is 0. The summed E-state index contributed by atoms with van der Waals surface area (Å²) in [5.74, 6) is 0. The van der Waals surface area contributed by atoms with Gasteiger partial charge in [0.05, 0.1) is 12.2 Å². The number of halogens is 1. The van der Waals surface area contributed by atoms with Crippen molar-refractivity contribution >= 4 is 15.9 Å². The summed E-state index contributed by atoms with van der Waals surface area (Å²) in [5, 5.41) is 1.12. The highest BCUT2D eigenvalue weighted by Crippen LogP contribution is 2.20. The predicted molar refractivity (Wildman–Crippen MR) is 73.3 cm³/mol. The molecule has 1 fully saturated rings. The Morgan fingerprint density at radius 3 is 2.69 bits per heavy atom. The molecule has 0 aromatic carbocycles. The molecular weight excluding hydrogens is 266 g/mol. The Labute approximate surface area is 109 Å². The molecule has 1 atom stereocenters. The van der Waals surface area contributed by atoms with Gasteiger partial charge in [-0.2, -0.15) is 0 Å². The zero-order valence-electron chi connectivity index (χ0n) is 11.0. The molecule has 0 aliphatic carbocycles. The van der Waals surface area contributed by atoms with Gasteiger partial charge in [-0.3, -0.25) is 4.90 Å². The Morgan fingerprint density at radius 2 is 2.06 bits per heavy atom. The van der Waals surface area contributed by atoms with Crippen molar-refractivity contribution in [3.8, 4) is 0 Å². The van der Waals surface area contributed by atoms with E-state index in [9.17, 15) is 0 Å². The lowest BCUT2D eigenvalue weighted by atomic mass is 10.0. The second-order valence-electron chi connectivity index (χ2n) is 5.62. The van der Waals surface area contributed by atoms with Gasteiger partial charge in [0, 0.05) is 17.9 Å². The second kappa shape index (κ2) is 6.97. The number of ether oxygens (including phenoxy) is 1. The molecule has 1 rings (SSSR count). The highest BCUT2D eigenvalue weighted by Gasteiger charge is 2.21. The Balaban J connectivity index is 2.27. The van der Waals surface area contributed by atoms with Crippen molar-refractivity contribution in [2.24, 2.45) is 0 Å². The lowest BCUT2D eigenvalue weighted by Gasteiger charge is -2.36. The Kier molecular flexibility index (Phi) is 6.30. The highest BCUT2D eigenvalue weighted by molar-refractivity contribution is 9.09. The second-order valence-corrected chi connectivity index (χ2v) is 6.42. The van der Waals surface area contributed by atoms with Crippen molar-refractivity contribution in [1.29, 1.82) is 0 Å². The molecule has 3 heteroatoms. The zero-order valence-corrected chi connectivity index (χ0v) is 12.6. The fraction of sp³-hybridized carbons (Fsp3) is 1.00. The van der Waals surface area contributed by atoms with Gasteiger partial charge in [-0.15, -0.1) is 0 Å². The first-order valence-corrected chi connectivity index (χ1v) is 7.59. The maximum Gasteiger partial charge on any atom is 0.0600 e. The average Bonchev–Trinajstić information content (AvgIpc) is 2.19. The number of piperidine rings is 1. The number of hydrogen-bond acceptors (Lipinski definition) is 2. The van der Waals surface area contributed by atoms with Gasteiger partial charge in [0.2, 0.25) is 0 Å². The summed E-state index contributed by atoms with van der Waals surface area (Å²) in [6.07, 6.45) is 5.39. The van der Waals surface area contributed by atoms with E-state index in [-0.39, 0.29) is 5.60 Å². The van der Waals surface area contributed by atoms with Gasteiger partial charge < -0.3 is 4.74 Å². The van der Waals surface area contributed by atoms with E-state index in [0.717, 1.165) is 24.5 Å². The van der Waals surface area contributed by atoms with E-state index in [4.69, 9.17) is 4.74 Å². The van der Waals surface area contributed by atoms with Crippen LogP contribution >= 0.6 is 15.9 Å². The quantitative estimate of drug-likeness (QED) is 0.720. The third-order valence-corrected chi connectivity index (χ3v) is 3.56. The van der Waals surface area contributed by atoms with Crippen LogP contribution in [-0.4, -0.2) is 41.6 Å². The molecule has 1 aliphatic rings. The van der Waals surface area contributed by atoms with Gasteiger partial charge in [0.25, 0.3) is 0 Å². The maximum absolute atomic E-state index is 5.81. The van der Waals surface area contributed by atoms with Crippen LogP contribution in [0.5, 0.6) is 0 Å². The first kappa shape index (κ1) is 14.5. The van der Waals surface area contributed by atoms with Crippen molar-refractivity contribution in [1.82, 2.24) is 4.90 Å². The highest BCUT2D eigenvalue weighted by atomic mass is 79.9. The molecule has 0 spiro atoms. The molecule has 0 amide bonds. The van der Waals surface area contributed by atoms with Crippen molar-refractivity contribution < 1.29 is 4.74 Å². The minimum atomic E-state index is 0.000701. The fourth-order valence-corrected chi connectivity index (χ4v) is 2.80. The molecule has 0 radical (unpaired) electrons. The van der Waals surface area contributed by atoms with E-state index in [1.54, 1.807) is 0 Å². The monoisotopic (exact) mass is 291 g/mol. The number of alkyl halides is 1. The van der Waals surface area contributed by atoms with Gasteiger partial charge in [0.15, 0.2) is 0 Å². The summed E-state index contributed by atoms with van der Waals surface area (Å²) in [4.78, 5) is 2.61. The van der Waals surface area contributed by atoms with Gasteiger partial charge >= 0.3 is 0 Å². The third kappa shape index (κ3) is 5.65. The third-order valence-electron chi connectivity index (χ3n) is 3.10. The van der Waals surface area contributed by atoms with Crippen LogP contribution in [0.25, 0.3) is 0 Å². The molecule has 1 unspecified atom stereocenters. The minimum Gasteiger partial charge on any atom is -0.375 e. The molecule has 1 saturated heterocycles. The zero-order chi connectivity index (χ0) is 12.0. The Hall–Kier alpha value is 0.400. The van der Waals surface area contributed by atoms with E-state index in [2.05, 4.69) is 41.6 Å². The van der Waals surface area contributed by atoms with Gasteiger partial charge in [-0.05, 0) is 46.6 Å². The first-order chi connectivity index (χ1) is 7.53. The van der Waals surface area contributed by atoms with Crippen LogP contribution in [0.15, 0.2) is 0 Å². The molecule has 1 aliphatic heterocycles. The SMILES string of the molecule is CC(C)(C)OCCN1CCCCC1CCBr. The summed E-state index contributed by atoms with van der Waals surface area (Å²) < 4.78 is 5.81. The molecule has 0 N–H and O–H groups in total. The number of likely N-dealkylation sites (tertiary alicyclic amines) is 1. The van der Waals surface area contributed by atoms with Crippen molar-refractivity contribution in [3.05, 3.63) is 0 Å². The van der Waals surface area contributed by atoms with E-state index in [0.29, 0.717) is 0 Å². The maximum atomic E-state index is 5.81.